The molecule has 11 heteroatoms. The van der Waals surface area contributed by atoms with E-state index in [1.807, 2.05) is 0 Å². The molecule has 0 unspecified atom stereocenters. The molecule has 10 nitrogen and oxygen atoms in total. The molecular weight excluding hydrogens is 330 g/mol. The molecule has 0 fully saturated rings. The van der Waals surface area contributed by atoms with Gasteiger partial charge in [-0.2, -0.15) is 5.10 Å². The Morgan fingerprint density at radius 1 is 1.26 bits per heavy atom. The van der Waals surface area contributed by atoms with Gasteiger partial charge in [-0.1, -0.05) is 11.6 Å². The Labute approximate surface area is 134 Å². The SMILES string of the molecule is Cc1c([N+](=O)[O-])cc(NC(=O)c2nn(C)cc2Cl)cc1[N+](=O)[O-]. The van der Waals surface area contributed by atoms with Gasteiger partial charge in [0.1, 0.15) is 5.56 Å². The third-order valence-electron chi connectivity index (χ3n) is 3.00. The number of carbonyl (C=O) groups is 1. The monoisotopic (exact) mass is 339 g/mol. The highest BCUT2D eigenvalue weighted by Crippen LogP contribution is 2.32. The first kappa shape index (κ1) is 16.4. The van der Waals surface area contributed by atoms with E-state index in [0.29, 0.717) is 0 Å². The summed E-state index contributed by atoms with van der Waals surface area (Å²) in [7, 11) is 1.56. The maximum absolute atomic E-state index is 12.1. The minimum Gasteiger partial charge on any atom is -0.320 e. The molecule has 0 atom stereocenters. The summed E-state index contributed by atoms with van der Waals surface area (Å²) in [6, 6.07) is 2.08. The number of halogens is 1. The van der Waals surface area contributed by atoms with Crippen molar-refractivity contribution < 1.29 is 14.6 Å². The average Bonchev–Trinajstić information content (AvgIpc) is 2.78. The molecule has 0 saturated heterocycles. The first-order valence-corrected chi connectivity index (χ1v) is 6.52. The molecule has 1 aromatic heterocycles. The van der Waals surface area contributed by atoms with Gasteiger partial charge in [-0.3, -0.25) is 29.7 Å². The van der Waals surface area contributed by atoms with Gasteiger partial charge in [-0.25, -0.2) is 0 Å². The van der Waals surface area contributed by atoms with Crippen molar-refractivity contribution in [1.29, 1.82) is 0 Å². The van der Waals surface area contributed by atoms with Crippen LogP contribution in [0.1, 0.15) is 16.1 Å². The topological polar surface area (TPSA) is 133 Å². The zero-order valence-electron chi connectivity index (χ0n) is 11.9. The van der Waals surface area contributed by atoms with Crippen molar-refractivity contribution in [2.75, 3.05) is 5.32 Å². The van der Waals surface area contributed by atoms with Crippen LogP contribution in [0, 0.1) is 27.2 Å². The number of nitro benzene ring substituents is 2. The second kappa shape index (κ2) is 6.01. The highest BCUT2D eigenvalue weighted by molar-refractivity contribution is 6.34. The average molecular weight is 340 g/mol. The second-order valence-electron chi connectivity index (χ2n) is 4.61. The number of nitro groups is 2. The van der Waals surface area contributed by atoms with Gasteiger partial charge in [0.25, 0.3) is 17.3 Å². The fourth-order valence-electron chi connectivity index (χ4n) is 1.94. The molecule has 1 heterocycles. The van der Waals surface area contributed by atoms with E-state index in [0.717, 1.165) is 12.1 Å². The number of amides is 1. The Morgan fingerprint density at radius 2 is 1.78 bits per heavy atom. The number of hydrogen-bond donors (Lipinski definition) is 1. The number of aromatic nitrogens is 2. The van der Waals surface area contributed by atoms with E-state index in [2.05, 4.69) is 10.4 Å². The van der Waals surface area contributed by atoms with Crippen molar-refractivity contribution in [3.63, 3.8) is 0 Å². The quantitative estimate of drug-likeness (QED) is 0.671. The number of hydrogen-bond acceptors (Lipinski definition) is 6. The van der Waals surface area contributed by atoms with Gasteiger partial charge in [0.05, 0.1) is 20.6 Å². The molecule has 0 aliphatic rings. The summed E-state index contributed by atoms with van der Waals surface area (Å²) in [5, 5.41) is 28.2. The van der Waals surface area contributed by atoms with Gasteiger partial charge in [-0.05, 0) is 6.92 Å². The van der Waals surface area contributed by atoms with Crippen LogP contribution in [-0.4, -0.2) is 25.5 Å². The Morgan fingerprint density at radius 3 is 2.17 bits per heavy atom. The highest BCUT2D eigenvalue weighted by atomic mass is 35.5. The lowest BCUT2D eigenvalue weighted by atomic mass is 10.1. The summed E-state index contributed by atoms with van der Waals surface area (Å²) in [6.45, 7) is 1.26. The predicted molar refractivity (Wildman–Crippen MR) is 80.7 cm³/mol. The smallest absolute Gasteiger partial charge is 0.281 e. The number of anilines is 1. The third kappa shape index (κ3) is 3.26. The number of carbonyl (C=O) groups excluding carboxylic acids is 1. The van der Waals surface area contributed by atoms with Gasteiger partial charge in [0.2, 0.25) is 0 Å². The fraction of sp³-hybridized carbons (Fsp3) is 0.167. The molecule has 120 valence electrons. The fourth-order valence-corrected chi connectivity index (χ4v) is 2.20. The zero-order valence-corrected chi connectivity index (χ0v) is 12.7. The predicted octanol–water partition coefficient (Wildman–Crippen LogP) is 2.45. The van der Waals surface area contributed by atoms with E-state index in [1.165, 1.54) is 17.8 Å². The first-order valence-electron chi connectivity index (χ1n) is 6.14. The summed E-state index contributed by atoms with van der Waals surface area (Å²) >= 11 is 5.83. The van der Waals surface area contributed by atoms with Gasteiger partial charge in [0.15, 0.2) is 5.69 Å². The second-order valence-corrected chi connectivity index (χ2v) is 5.01. The molecule has 0 bridgehead atoms. The number of nitrogens with zero attached hydrogens (tertiary/aromatic N) is 4. The number of benzene rings is 1. The molecule has 0 radical (unpaired) electrons. The van der Waals surface area contributed by atoms with Crippen molar-refractivity contribution in [3.8, 4) is 0 Å². The van der Waals surface area contributed by atoms with Crippen LogP contribution < -0.4 is 5.32 Å². The number of aryl methyl sites for hydroxylation is 1. The van der Waals surface area contributed by atoms with E-state index in [1.54, 1.807) is 7.05 Å². The maximum atomic E-state index is 12.1. The van der Waals surface area contributed by atoms with Crippen molar-refractivity contribution >= 4 is 34.6 Å². The molecule has 2 rings (SSSR count). The minimum absolute atomic E-state index is 0.0844. The van der Waals surface area contributed by atoms with E-state index in [-0.39, 0.29) is 22.0 Å². The van der Waals surface area contributed by atoms with Crippen LogP contribution in [0.4, 0.5) is 17.1 Å². The summed E-state index contributed by atoms with van der Waals surface area (Å²) < 4.78 is 1.32. The maximum Gasteiger partial charge on any atom is 0.281 e. The summed E-state index contributed by atoms with van der Waals surface area (Å²) in [5.74, 6) is -0.733. The normalized spacial score (nSPS) is 10.4. The highest BCUT2D eigenvalue weighted by Gasteiger charge is 2.24. The molecule has 0 spiro atoms. The van der Waals surface area contributed by atoms with E-state index in [9.17, 15) is 25.0 Å². The molecular formula is C12H10ClN5O5. The van der Waals surface area contributed by atoms with Crippen LogP contribution >= 0.6 is 11.6 Å². The van der Waals surface area contributed by atoms with Gasteiger partial charge in [-0.15, -0.1) is 0 Å². The lowest BCUT2D eigenvalue weighted by molar-refractivity contribution is -0.395. The molecule has 23 heavy (non-hydrogen) atoms. The van der Waals surface area contributed by atoms with Crippen LogP contribution in [0.15, 0.2) is 18.3 Å². The van der Waals surface area contributed by atoms with Crippen LogP contribution in [0.2, 0.25) is 5.02 Å². The van der Waals surface area contributed by atoms with Crippen molar-refractivity contribution in [1.82, 2.24) is 9.78 Å². The Bertz CT molecular complexity index is 796. The lowest BCUT2D eigenvalue weighted by Crippen LogP contribution is -2.14. The molecule has 1 N–H and O–H groups in total. The summed E-state index contributed by atoms with van der Waals surface area (Å²) in [5.41, 5.74) is -1.24. The van der Waals surface area contributed by atoms with E-state index >= 15 is 0 Å². The van der Waals surface area contributed by atoms with E-state index < -0.39 is 27.1 Å². The number of nitrogens with one attached hydrogen (secondary N) is 1. The first-order chi connectivity index (χ1) is 10.7. The van der Waals surface area contributed by atoms with Gasteiger partial charge < -0.3 is 5.32 Å². The molecule has 0 aliphatic carbocycles. The van der Waals surface area contributed by atoms with Crippen molar-refractivity contribution in [2.45, 2.75) is 6.92 Å². The zero-order chi connectivity index (χ0) is 17.3. The Kier molecular flexibility index (Phi) is 4.27. The largest absolute Gasteiger partial charge is 0.320 e. The molecule has 0 aliphatic heterocycles. The van der Waals surface area contributed by atoms with Crippen LogP contribution in [-0.2, 0) is 7.05 Å². The Balaban J connectivity index is 2.43. The molecule has 1 amide bonds. The Hall–Kier alpha value is -3.01. The van der Waals surface area contributed by atoms with Gasteiger partial charge in [0, 0.05) is 25.4 Å². The number of rotatable bonds is 4. The summed E-state index contributed by atoms with van der Waals surface area (Å²) in [4.78, 5) is 32.6. The van der Waals surface area contributed by atoms with E-state index in [4.69, 9.17) is 11.6 Å². The van der Waals surface area contributed by atoms with Crippen LogP contribution in [0.5, 0.6) is 0 Å². The van der Waals surface area contributed by atoms with Gasteiger partial charge >= 0.3 is 0 Å². The van der Waals surface area contributed by atoms with Crippen LogP contribution in [0.25, 0.3) is 0 Å². The van der Waals surface area contributed by atoms with Crippen molar-refractivity contribution in [3.05, 3.63) is 54.8 Å². The molecule has 0 saturated carbocycles. The summed E-state index contributed by atoms with van der Waals surface area (Å²) in [6.07, 6.45) is 1.40. The van der Waals surface area contributed by atoms with Crippen molar-refractivity contribution in [2.24, 2.45) is 7.05 Å². The standard InChI is InChI=1S/C12H10ClN5O5/c1-6-9(17(20)21)3-7(4-10(6)18(22)23)14-12(19)11-8(13)5-16(2)15-11/h3-5H,1-2H3,(H,14,19). The lowest BCUT2D eigenvalue weighted by Gasteiger charge is -2.06. The molecule has 1 aromatic carbocycles. The minimum atomic E-state index is -0.758. The van der Waals surface area contributed by atoms with Crippen LogP contribution in [0.3, 0.4) is 0 Å². The molecule has 2 aromatic rings. The third-order valence-corrected chi connectivity index (χ3v) is 3.28.